The molecule has 0 bridgehead atoms. The summed E-state index contributed by atoms with van der Waals surface area (Å²) in [6.45, 7) is 0.887. The number of cyclic esters (lactones) is 1. The van der Waals surface area contributed by atoms with Crippen LogP contribution in [0.5, 0.6) is 0 Å². The first kappa shape index (κ1) is 25.2. The highest BCUT2D eigenvalue weighted by Gasteiger charge is 2.33. The quantitative estimate of drug-likeness (QED) is 0.496. The van der Waals surface area contributed by atoms with E-state index in [0.29, 0.717) is 30.5 Å². The fraction of sp³-hybridized carbons (Fsp3) is 0.333. The summed E-state index contributed by atoms with van der Waals surface area (Å²) in [6.07, 6.45) is -4.84. The molecular weight excluding hydrogens is 511 g/mol. The molecule has 1 fully saturated rings. The number of fused-ring (bicyclic) bond motifs is 3. The second-order valence-corrected chi connectivity index (χ2v) is 8.87. The molecule has 38 heavy (non-hydrogen) atoms. The third-order valence-corrected chi connectivity index (χ3v) is 6.60. The maximum atomic E-state index is 15.2. The van der Waals surface area contributed by atoms with Gasteiger partial charge in [0.1, 0.15) is 11.9 Å². The monoisotopic (exact) mass is 533 g/mol. The molecule has 2 amide bonds. The van der Waals surface area contributed by atoms with Crippen LogP contribution in [0.4, 0.5) is 29.3 Å². The van der Waals surface area contributed by atoms with Crippen LogP contribution in [0.2, 0.25) is 0 Å². The minimum absolute atomic E-state index is 0.0193. The van der Waals surface area contributed by atoms with Gasteiger partial charge in [0.25, 0.3) is 11.5 Å². The van der Waals surface area contributed by atoms with E-state index >= 15 is 4.39 Å². The average molecular weight is 533 g/mol. The first-order chi connectivity index (χ1) is 18.1. The molecule has 0 radical (unpaired) electrons. The maximum absolute atomic E-state index is 15.2. The number of hydrogen-bond donors (Lipinski definition) is 2. The summed E-state index contributed by atoms with van der Waals surface area (Å²) >= 11 is 0. The number of ether oxygens (including phenoxy) is 1. The van der Waals surface area contributed by atoms with Gasteiger partial charge in [0.2, 0.25) is 0 Å². The Kier molecular flexibility index (Phi) is 6.46. The number of amides is 2. The van der Waals surface area contributed by atoms with Crippen LogP contribution in [-0.2, 0) is 22.6 Å². The van der Waals surface area contributed by atoms with Crippen LogP contribution in [0.15, 0.2) is 41.2 Å². The van der Waals surface area contributed by atoms with Gasteiger partial charge in [0.15, 0.2) is 0 Å². The summed E-state index contributed by atoms with van der Waals surface area (Å²) in [4.78, 5) is 50.4. The Morgan fingerprint density at radius 3 is 2.47 bits per heavy atom. The van der Waals surface area contributed by atoms with Crippen LogP contribution in [0.3, 0.4) is 0 Å². The molecule has 0 saturated carbocycles. The zero-order valence-electron chi connectivity index (χ0n) is 19.8. The Morgan fingerprint density at radius 1 is 1.05 bits per heavy atom. The lowest BCUT2D eigenvalue weighted by Gasteiger charge is -2.24. The van der Waals surface area contributed by atoms with Crippen molar-refractivity contribution in [2.45, 2.75) is 25.6 Å². The second-order valence-electron chi connectivity index (χ2n) is 8.87. The SMILES string of the molecule is O=C(O)c1ccc2c(c1)c(=O)n1n2CCN(c2ccc(N3C[C@H](CNC(=O)C(F)F)OC3=O)cc2F)CC1. The number of carboxylic acid groups (broad SMARTS) is 1. The van der Waals surface area contributed by atoms with Crippen LogP contribution in [-0.4, -0.2) is 71.1 Å². The molecule has 0 aliphatic carbocycles. The number of hydrogen-bond acceptors (Lipinski definition) is 6. The molecule has 1 saturated heterocycles. The van der Waals surface area contributed by atoms with E-state index in [0.717, 1.165) is 11.0 Å². The molecule has 0 spiro atoms. The number of carboxylic acids is 1. The van der Waals surface area contributed by atoms with Gasteiger partial charge >= 0.3 is 18.5 Å². The summed E-state index contributed by atoms with van der Waals surface area (Å²) in [6, 6.07) is 8.56. The lowest BCUT2D eigenvalue weighted by Crippen LogP contribution is -2.37. The number of nitrogens with one attached hydrogen (secondary N) is 1. The Balaban J connectivity index is 1.30. The first-order valence-electron chi connectivity index (χ1n) is 11.7. The summed E-state index contributed by atoms with van der Waals surface area (Å²) in [5, 5.41) is 11.5. The highest BCUT2D eigenvalue weighted by atomic mass is 19.3. The van der Waals surface area contributed by atoms with Crippen LogP contribution >= 0.6 is 0 Å². The molecule has 3 heterocycles. The molecular formula is C24H22F3N5O6. The number of alkyl halides is 2. The molecule has 2 aliphatic heterocycles. The molecule has 14 heteroatoms. The van der Waals surface area contributed by atoms with Crippen molar-refractivity contribution in [3.63, 3.8) is 0 Å². The van der Waals surface area contributed by atoms with Crippen LogP contribution in [0.1, 0.15) is 10.4 Å². The van der Waals surface area contributed by atoms with Gasteiger partial charge in [-0.3, -0.25) is 19.2 Å². The van der Waals surface area contributed by atoms with Crippen LogP contribution < -0.4 is 20.7 Å². The standard InChI is InChI=1S/C24H22F3N5O6/c25-17-10-14(30-12-15(38-24(30)37)11-28-21(33)20(26)27)2-4-19(17)29-5-7-31-18-3-1-13(23(35)36)9-16(18)22(34)32(31)8-6-29/h1-4,9-10,15,20H,5-8,11-12H2,(H,28,33)(H,35,36)/t15-/m0/s1. The first-order valence-corrected chi connectivity index (χ1v) is 11.7. The largest absolute Gasteiger partial charge is 0.478 e. The third-order valence-electron chi connectivity index (χ3n) is 6.60. The number of carbonyl (C=O) groups excluding carboxylic acids is 2. The summed E-state index contributed by atoms with van der Waals surface area (Å²) in [5.74, 6) is -3.21. The predicted octanol–water partition coefficient (Wildman–Crippen LogP) is 1.87. The number of rotatable bonds is 6. The fourth-order valence-electron chi connectivity index (χ4n) is 4.74. The van der Waals surface area contributed by atoms with Crippen molar-refractivity contribution < 1.29 is 37.4 Å². The van der Waals surface area contributed by atoms with E-state index in [-0.39, 0.29) is 42.1 Å². The van der Waals surface area contributed by atoms with E-state index < -0.39 is 36.3 Å². The number of aromatic carboxylic acids is 1. The topological polar surface area (TPSA) is 126 Å². The fourth-order valence-corrected chi connectivity index (χ4v) is 4.74. The van der Waals surface area contributed by atoms with Crippen molar-refractivity contribution in [3.8, 4) is 0 Å². The zero-order chi connectivity index (χ0) is 27.1. The molecule has 5 rings (SSSR count). The molecule has 1 aromatic heterocycles. The van der Waals surface area contributed by atoms with Crippen molar-refractivity contribution in [3.05, 3.63) is 58.1 Å². The Hall–Kier alpha value is -4.49. The molecule has 2 aromatic carbocycles. The second kappa shape index (κ2) is 9.76. The van der Waals surface area contributed by atoms with Gasteiger partial charge < -0.3 is 20.1 Å². The zero-order valence-corrected chi connectivity index (χ0v) is 19.8. The number of anilines is 2. The molecule has 0 unspecified atom stereocenters. The number of carbonyl (C=O) groups is 3. The van der Waals surface area contributed by atoms with Gasteiger partial charge in [-0.05, 0) is 36.4 Å². The molecule has 11 nitrogen and oxygen atoms in total. The van der Waals surface area contributed by atoms with Gasteiger partial charge in [0, 0.05) is 13.1 Å². The van der Waals surface area contributed by atoms with E-state index in [1.165, 1.54) is 28.9 Å². The van der Waals surface area contributed by atoms with E-state index in [1.807, 2.05) is 5.32 Å². The van der Waals surface area contributed by atoms with Crippen molar-refractivity contribution in [2.24, 2.45) is 0 Å². The average Bonchev–Trinajstić information content (AvgIpc) is 3.28. The highest BCUT2D eigenvalue weighted by Crippen LogP contribution is 2.29. The van der Waals surface area contributed by atoms with Crippen LogP contribution in [0.25, 0.3) is 10.9 Å². The predicted molar refractivity (Wildman–Crippen MR) is 128 cm³/mol. The summed E-state index contributed by atoms with van der Waals surface area (Å²) < 4.78 is 48.3. The lowest BCUT2D eigenvalue weighted by molar-refractivity contribution is -0.132. The van der Waals surface area contributed by atoms with Gasteiger partial charge in [-0.15, -0.1) is 0 Å². The van der Waals surface area contributed by atoms with Gasteiger partial charge in [-0.1, -0.05) is 0 Å². The molecule has 2 N–H and O–H groups in total. The summed E-state index contributed by atoms with van der Waals surface area (Å²) in [7, 11) is 0. The Bertz CT molecular complexity index is 1500. The van der Waals surface area contributed by atoms with Crippen molar-refractivity contribution in [1.82, 2.24) is 14.7 Å². The minimum Gasteiger partial charge on any atom is -0.478 e. The minimum atomic E-state index is -3.19. The highest BCUT2D eigenvalue weighted by molar-refractivity contribution is 5.93. The van der Waals surface area contributed by atoms with E-state index in [2.05, 4.69) is 0 Å². The molecule has 3 aromatic rings. The number of halogens is 3. The van der Waals surface area contributed by atoms with E-state index in [4.69, 9.17) is 4.74 Å². The smallest absolute Gasteiger partial charge is 0.414 e. The van der Waals surface area contributed by atoms with Crippen LogP contribution in [0, 0.1) is 5.82 Å². The van der Waals surface area contributed by atoms with Gasteiger partial charge in [-0.2, -0.15) is 8.78 Å². The Morgan fingerprint density at radius 2 is 1.79 bits per heavy atom. The summed E-state index contributed by atoms with van der Waals surface area (Å²) in [5.41, 5.74) is 0.748. The van der Waals surface area contributed by atoms with Gasteiger partial charge in [0.05, 0.1) is 54.0 Å². The Labute approximate surface area is 212 Å². The molecule has 1 atom stereocenters. The normalized spacial score (nSPS) is 17.5. The number of aromatic nitrogens is 2. The van der Waals surface area contributed by atoms with Crippen molar-refractivity contribution in [1.29, 1.82) is 0 Å². The third kappa shape index (κ3) is 4.53. The van der Waals surface area contributed by atoms with Crippen molar-refractivity contribution >= 4 is 40.2 Å². The van der Waals surface area contributed by atoms with E-state index in [1.54, 1.807) is 15.6 Å². The van der Waals surface area contributed by atoms with Gasteiger partial charge in [-0.25, -0.2) is 18.7 Å². The number of nitrogens with zero attached hydrogens (tertiary/aromatic N) is 4. The van der Waals surface area contributed by atoms with Crippen molar-refractivity contribution in [2.75, 3.05) is 36.0 Å². The maximum Gasteiger partial charge on any atom is 0.414 e. The van der Waals surface area contributed by atoms with E-state index in [9.17, 15) is 33.1 Å². The molecule has 200 valence electrons. The number of benzene rings is 2. The molecule has 2 aliphatic rings. The lowest BCUT2D eigenvalue weighted by atomic mass is 10.1.